The third-order valence-corrected chi connectivity index (χ3v) is 5.42. The van der Waals surface area contributed by atoms with E-state index in [1.807, 2.05) is 0 Å². The zero-order chi connectivity index (χ0) is 13.0. The highest BCUT2D eigenvalue weighted by Gasteiger charge is 2.69. The lowest BCUT2D eigenvalue weighted by Gasteiger charge is -2.47. The lowest BCUT2D eigenvalue weighted by molar-refractivity contribution is -0.175. The molecule has 3 aliphatic heterocycles. The summed E-state index contributed by atoms with van der Waals surface area (Å²) in [5.41, 5.74) is 1.08. The standard InChI is InChI=1S/C17H22O2/c1-15-10-11-17(19-15,14-7-3-2-4-8-14)16(13-15)9-5-6-12-18-16/h2-4,7-8H,5-6,9-13H2,1H3/t15-,16+,17-/m0/s1. The van der Waals surface area contributed by atoms with E-state index in [9.17, 15) is 0 Å². The zero-order valence-corrected chi connectivity index (χ0v) is 11.7. The summed E-state index contributed by atoms with van der Waals surface area (Å²) in [5, 5.41) is 0. The minimum atomic E-state index is -0.191. The molecule has 3 saturated heterocycles. The number of fused-ring (bicyclic) bond motifs is 3. The topological polar surface area (TPSA) is 18.5 Å². The van der Waals surface area contributed by atoms with Crippen LogP contribution >= 0.6 is 0 Å². The number of ether oxygens (including phenoxy) is 2. The van der Waals surface area contributed by atoms with Crippen molar-refractivity contribution in [1.29, 1.82) is 0 Å². The van der Waals surface area contributed by atoms with Gasteiger partial charge in [-0.05, 0) is 44.6 Å². The van der Waals surface area contributed by atoms with Gasteiger partial charge in [-0.3, -0.25) is 0 Å². The quantitative estimate of drug-likeness (QED) is 0.763. The van der Waals surface area contributed by atoms with Crippen LogP contribution in [0.15, 0.2) is 30.3 Å². The highest BCUT2D eigenvalue weighted by atomic mass is 16.6. The second-order valence-electron chi connectivity index (χ2n) is 6.72. The van der Waals surface area contributed by atoms with E-state index in [4.69, 9.17) is 9.47 Å². The Morgan fingerprint density at radius 1 is 1.00 bits per heavy atom. The summed E-state index contributed by atoms with van der Waals surface area (Å²) in [6.07, 6.45) is 6.95. The Balaban J connectivity index is 1.83. The van der Waals surface area contributed by atoms with Gasteiger partial charge in [0.05, 0.1) is 5.60 Å². The normalized spacial score (nSPS) is 44.9. The van der Waals surface area contributed by atoms with E-state index in [-0.39, 0.29) is 16.8 Å². The number of hydrogen-bond acceptors (Lipinski definition) is 2. The van der Waals surface area contributed by atoms with Crippen molar-refractivity contribution in [3.05, 3.63) is 35.9 Å². The van der Waals surface area contributed by atoms with Crippen LogP contribution in [0.25, 0.3) is 0 Å². The average Bonchev–Trinajstić information content (AvgIpc) is 2.91. The summed E-state index contributed by atoms with van der Waals surface area (Å²) in [5.74, 6) is 0. The van der Waals surface area contributed by atoms with Gasteiger partial charge in [-0.2, -0.15) is 0 Å². The van der Waals surface area contributed by atoms with Crippen LogP contribution in [0.5, 0.6) is 0 Å². The first-order valence-electron chi connectivity index (χ1n) is 7.58. The number of hydrogen-bond donors (Lipinski definition) is 0. The van der Waals surface area contributed by atoms with Crippen molar-refractivity contribution in [2.24, 2.45) is 0 Å². The Morgan fingerprint density at radius 2 is 1.84 bits per heavy atom. The third-order valence-electron chi connectivity index (χ3n) is 5.42. The van der Waals surface area contributed by atoms with Gasteiger partial charge in [0.1, 0.15) is 11.2 Å². The molecule has 102 valence electrons. The Labute approximate surface area is 115 Å². The molecule has 3 atom stereocenters. The van der Waals surface area contributed by atoms with Gasteiger partial charge in [0.2, 0.25) is 0 Å². The van der Waals surface area contributed by atoms with Crippen LogP contribution in [0, 0.1) is 0 Å². The third kappa shape index (κ3) is 1.50. The summed E-state index contributed by atoms with van der Waals surface area (Å²) in [6.45, 7) is 3.17. The van der Waals surface area contributed by atoms with Gasteiger partial charge >= 0.3 is 0 Å². The first-order valence-corrected chi connectivity index (χ1v) is 7.58. The molecule has 3 aliphatic rings. The second kappa shape index (κ2) is 3.83. The van der Waals surface area contributed by atoms with E-state index < -0.39 is 0 Å². The van der Waals surface area contributed by atoms with E-state index in [1.165, 1.54) is 18.4 Å². The summed E-state index contributed by atoms with van der Waals surface area (Å²) in [7, 11) is 0. The predicted octanol–water partition coefficient (Wildman–Crippen LogP) is 3.79. The van der Waals surface area contributed by atoms with Crippen LogP contribution < -0.4 is 0 Å². The molecule has 0 saturated carbocycles. The molecule has 3 heterocycles. The van der Waals surface area contributed by atoms with E-state index in [0.29, 0.717) is 0 Å². The van der Waals surface area contributed by atoms with Gasteiger partial charge in [-0.15, -0.1) is 0 Å². The van der Waals surface area contributed by atoms with Crippen LogP contribution in [-0.2, 0) is 15.1 Å². The van der Waals surface area contributed by atoms with E-state index in [2.05, 4.69) is 37.3 Å². The molecule has 2 nitrogen and oxygen atoms in total. The summed E-state index contributed by atoms with van der Waals surface area (Å²) in [6, 6.07) is 10.8. The molecular weight excluding hydrogens is 236 g/mol. The molecule has 2 bridgehead atoms. The van der Waals surface area contributed by atoms with Gasteiger partial charge in [0.25, 0.3) is 0 Å². The predicted molar refractivity (Wildman–Crippen MR) is 74.0 cm³/mol. The van der Waals surface area contributed by atoms with Gasteiger partial charge in [-0.1, -0.05) is 30.3 Å². The lowest BCUT2D eigenvalue weighted by atomic mass is 9.65. The lowest BCUT2D eigenvalue weighted by Crippen LogP contribution is -2.52. The monoisotopic (exact) mass is 258 g/mol. The highest BCUT2D eigenvalue weighted by molar-refractivity contribution is 5.33. The van der Waals surface area contributed by atoms with Crippen molar-refractivity contribution >= 4 is 0 Å². The van der Waals surface area contributed by atoms with Crippen molar-refractivity contribution in [2.75, 3.05) is 6.61 Å². The van der Waals surface area contributed by atoms with Crippen molar-refractivity contribution in [2.45, 2.75) is 62.3 Å². The molecule has 1 aromatic rings. The molecule has 4 rings (SSSR count). The largest absolute Gasteiger partial charge is 0.372 e. The van der Waals surface area contributed by atoms with Gasteiger partial charge < -0.3 is 9.47 Å². The van der Waals surface area contributed by atoms with Gasteiger partial charge in [0.15, 0.2) is 0 Å². The molecule has 19 heavy (non-hydrogen) atoms. The number of rotatable bonds is 1. The van der Waals surface area contributed by atoms with Crippen LogP contribution in [0.3, 0.4) is 0 Å². The van der Waals surface area contributed by atoms with Crippen molar-refractivity contribution in [3.63, 3.8) is 0 Å². The van der Waals surface area contributed by atoms with Gasteiger partial charge in [-0.25, -0.2) is 0 Å². The molecule has 1 spiro atoms. The molecule has 0 aliphatic carbocycles. The van der Waals surface area contributed by atoms with Crippen molar-refractivity contribution < 1.29 is 9.47 Å². The maximum atomic E-state index is 6.60. The molecule has 0 radical (unpaired) electrons. The molecule has 2 heteroatoms. The average molecular weight is 258 g/mol. The molecule has 0 N–H and O–H groups in total. The number of benzene rings is 1. The zero-order valence-electron chi connectivity index (χ0n) is 11.7. The fourth-order valence-corrected chi connectivity index (χ4v) is 4.64. The smallest absolute Gasteiger partial charge is 0.123 e. The minimum absolute atomic E-state index is 0.0210. The molecule has 0 unspecified atom stereocenters. The molecule has 1 aromatic carbocycles. The summed E-state index contributed by atoms with van der Waals surface area (Å²) >= 11 is 0. The van der Waals surface area contributed by atoms with E-state index in [0.717, 1.165) is 32.3 Å². The van der Waals surface area contributed by atoms with Crippen LogP contribution in [0.2, 0.25) is 0 Å². The SMILES string of the molecule is C[C@@]12CC[C@@](c3ccccc3)(O1)[C@@]1(CCCCO1)C2. The molecule has 0 amide bonds. The van der Waals surface area contributed by atoms with Crippen LogP contribution in [0.1, 0.15) is 51.0 Å². The second-order valence-corrected chi connectivity index (χ2v) is 6.72. The summed E-state index contributed by atoms with van der Waals surface area (Å²) < 4.78 is 13.0. The first kappa shape index (κ1) is 11.9. The van der Waals surface area contributed by atoms with E-state index in [1.54, 1.807) is 0 Å². The Bertz CT molecular complexity index is 477. The Morgan fingerprint density at radius 3 is 2.53 bits per heavy atom. The molecule has 0 aromatic heterocycles. The van der Waals surface area contributed by atoms with Crippen molar-refractivity contribution in [1.82, 2.24) is 0 Å². The van der Waals surface area contributed by atoms with Gasteiger partial charge in [0, 0.05) is 13.0 Å². The molecular formula is C17H22O2. The maximum Gasteiger partial charge on any atom is 0.123 e. The van der Waals surface area contributed by atoms with Crippen LogP contribution in [-0.4, -0.2) is 17.8 Å². The Kier molecular flexibility index (Phi) is 2.40. The fraction of sp³-hybridized carbons (Fsp3) is 0.647. The Hall–Kier alpha value is -0.860. The first-order chi connectivity index (χ1) is 9.18. The van der Waals surface area contributed by atoms with Crippen molar-refractivity contribution in [3.8, 4) is 0 Å². The van der Waals surface area contributed by atoms with Crippen LogP contribution in [0.4, 0.5) is 0 Å². The maximum absolute atomic E-state index is 6.60. The highest BCUT2D eigenvalue weighted by Crippen LogP contribution is 2.64. The van der Waals surface area contributed by atoms with E-state index >= 15 is 0 Å². The molecule has 3 fully saturated rings. The fourth-order valence-electron chi connectivity index (χ4n) is 4.64. The minimum Gasteiger partial charge on any atom is -0.372 e. The summed E-state index contributed by atoms with van der Waals surface area (Å²) in [4.78, 5) is 0.